The Balaban J connectivity index is 1.05. The van der Waals surface area contributed by atoms with Crippen molar-refractivity contribution in [2.45, 2.75) is 11.3 Å². The molecule has 0 fully saturated rings. The smallest absolute Gasteiger partial charge is 0.0992 e. The van der Waals surface area contributed by atoms with Gasteiger partial charge in [0.2, 0.25) is 0 Å². The second-order valence-corrected chi connectivity index (χ2v) is 14.9. The van der Waals surface area contributed by atoms with Crippen molar-refractivity contribution in [1.29, 1.82) is 0 Å². The molecule has 52 heavy (non-hydrogen) atoms. The Hall–Kier alpha value is -6.16. The van der Waals surface area contributed by atoms with E-state index >= 15 is 0 Å². The van der Waals surface area contributed by atoms with Gasteiger partial charge in [0.25, 0.3) is 0 Å². The van der Waals surface area contributed by atoms with Gasteiger partial charge in [-0.25, -0.2) is 0 Å². The van der Waals surface area contributed by atoms with Crippen molar-refractivity contribution < 1.29 is 0 Å². The molecule has 9 aromatic rings. The summed E-state index contributed by atoms with van der Waals surface area (Å²) in [4.78, 5) is 5.25. The van der Waals surface area contributed by atoms with E-state index in [1.54, 1.807) is 0 Å². The number of thioether (sulfide) groups is 1. The maximum atomic E-state index is 5.25. The van der Waals surface area contributed by atoms with Crippen LogP contribution in [0.3, 0.4) is 0 Å². The highest BCUT2D eigenvalue weighted by atomic mass is 32.2. The third-order valence-electron chi connectivity index (χ3n) is 10.9. The summed E-state index contributed by atoms with van der Waals surface area (Å²) in [6.07, 6.45) is 4.63. The number of aromatic nitrogens is 1. The van der Waals surface area contributed by atoms with Crippen LogP contribution in [0.15, 0.2) is 181 Å². The van der Waals surface area contributed by atoms with Crippen molar-refractivity contribution in [3.8, 4) is 27.9 Å². The van der Waals surface area contributed by atoms with E-state index < -0.39 is 0 Å². The minimum atomic E-state index is 0.0899. The van der Waals surface area contributed by atoms with E-state index in [1.807, 2.05) is 11.8 Å². The zero-order valence-corrected chi connectivity index (χ0v) is 29.1. The average molecular weight is 681 g/mol. The molecule has 2 unspecified atom stereocenters. The molecule has 2 nitrogen and oxygen atoms in total. The van der Waals surface area contributed by atoms with E-state index in [4.69, 9.17) is 4.99 Å². The normalized spacial score (nSPS) is 16.4. The van der Waals surface area contributed by atoms with Crippen LogP contribution in [0, 0.1) is 0 Å². The van der Waals surface area contributed by atoms with Gasteiger partial charge in [-0.05, 0) is 84.9 Å². The van der Waals surface area contributed by atoms with Crippen LogP contribution >= 0.6 is 11.8 Å². The van der Waals surface area contributed by atoms with Gasteiger partial charge >= 0.3 is 0 Å². The van der Waals surface area contributed by atoms with Crippen LogP contribution in [0.2, 0.25) is 0 Å². The molecule has 0 bridgehead atoms. The van der Waals surface area contributed by atoms with Crippen molar-refractivity contribution in [2.75, 3.05) is 0 Å². The molecule has 1 aliphatic carbocycles. The molecule has 1 aromatic heterocycles. The molecule has 3 heteroatoms. The molecular weight excluding hydrogens is 649 g/mol. The monoisotopic (exact) mass is 680 g/mol. The quantitative estimate of drug-likeness (QED) is 0.169. The lowest BCUT2D eigenvalue weighted by Crippen LogP contribution is -2.15. The van der Waals surface area contributed by atoms with Crippen LogP contribution in [0.25, 0.3) is 77.2 Å². The lowest BCUT2D eigenvalue weighted by Gasteiger charge is -2.23. The largest absolute Gasteiger partial charge is 0.312 e. The van der Waals surface area contributed by atoms with E-state index in [9.17, 15) is 0 Å². The van der Waals surface area contributed by atoms with Gasteiger partial charge in [-0.3, -0.25) is 4.99 Å². The Labute approximate surface area is 306 Å². The third kappa shape index (κ3) is 4.56. The number of aliphatic imine (C=N–C) groups is 1. The lowest BCUT2D eigenvalue weighted by molar-refractivity contribution is 0.764. The number of nitrogens with zero attached hydrogens (tertiary/aromatic N) is 2. The Morgan fingerprint density at radius 2 is 0.962 bits per heavy atom. The molecule has 1 aliphatic heterocycles. The minimum Gasteiger partial charge on any atom is -0.312 e. The first-order valence-corrected chi connectivity index (χ1v) is 18.8. The molecule has 8 aromatic carbocycles. The lowest BCUT2D eigenvalue weighted by atomic mass is 9.92. The molecule has 244 valence electrons. The summed E-state index contributed by atoms with van der Waals surface area (Å²) in [5, 5.41) is 10.4. The number of fused-ring (bicyclic) bond motifs is 11. The zero-order valence-electron chi connectivity index (χ0n) is 28.3. The molecule has 0 amide bonds. The third-order valence-corrected chi connectivity index (χ3v) is 12.2. The van der Waals surface area contributed by atoms with E-state index in [0.29, 0.717) is 0 Å². The fraction of sp³-hybridized carbons (Fsp3) is 0.0408. The molecule has 0 N–H and O–H groups in total. The first kappa shape index (κ1) is 29.6. The van der Waals surface area contributed by atoms with Gasteiger partial charge in [0, 0.05) is 27.9 Å². The first-order valence-electron chi connectivity index (χ1n) is 17.9. The predicted molar refractivity (Wildman–Crippen MR) is 223 cm³/mol. The number of hydrogen-bond acceptors (Lipinski definition) is 2. The fourth-order valence-corrected chi connectivity index (χ4v) is 9.80. The molecule has 2 atom stereocenters. The number of rotatable bonds is 4. The van der Waals surface area contributed by atoms with Gasteiger partial charge in [-0.15, -0.1) is 0 Å². The molecule has 2 heterocycles. The van der Waals surface area contributed by atoms with E-state index in [1.165, 1.54) is 88.0 Å². The zero-order chi connectivity index (χ0) is 34.2. The number of hydrogen-bond donors (Lipinski definition) is 0. The first-order chi connectivity index (χ1) is 25.8. The summed E-state index contributed by atoms with van der Waals surface area (Å²) >= 11 is 1.90. The Bertz CT molecular complexity index is 2880. The van der Waals surface area contributed by atoms with Crippen molar-refractivity contribution >= 4 is 66.1 Å². The van der Waals surface area contributed by atoms with Gasteiger partial charge in [0.05, 0.1) is 21.9 Å². The minimum absolute atomic E-state index is 0.0899. The van der Waals surface area contributed by atoms with Crippen LogP contribution in [0.5, 0.6) is 0 Å². The summed E-state index contributed by atoms with van der Waals surface area (Å²) in [7, 11) is 0. The molecule has 0 radical (unpaired) electrons. The summed E-state index contributed by atoms with van der Waals surface area (Å²) < 4.78 is 2.50. The average Bonchev–Trinajstić information content (AvgIpc) is 3.81. The van der Waals surface area contributed by atoms with Crippen molar-refractivity contribution in [2.24, 2.45) is 4.99 Å². The maximum Gasteiger partial charge on any atom is 0.0992 e. The van der Waals surface area contributed by atoms with Gasteiger partial charge in [0.1, 0.15) is 0 Å². The highest BCUT2D eigenvalue weighted by molar-refractivity contribution is 8.15. The summed E-state index contributed by atoms with van der Waals surface area (Å²) in [5.41, 5.74) is 11.1. The molecular formula is C49H32N2S. The topological polar surface area (TPSA) is 17.3 Å². The Morgan fingerprint density at radius 1 is 0.442 bits per heavy atom. The van der Waals surface area contributed by atoms with Crippen molar-refractivity contribution in [3.05, 3.63) is 193 Å². The van der Waals surface area contributed by atoms with Gasteiger partial charge < -0.3 is 4.57 Å². The highest BCUT2D eigenvalue weighted by Gasteiger charge is 2.38. The number of benzene rings is 8. The van der Waals surface area contributed by atoms with Gasteiger partial charge in [-0.2, -0.15) is 0 Å². The summed E-state index contributed by atoms with van der Waals surface area (Å²) in [5.74, 6) is 0. The van der Waals surface area contributed by atoms with Gasteiger partial charge in [-0.1, -0.05) is 163 Å². The standard InChI is InChI=1S/C49H32N2S/c1-3-11-31(12-4-1)35-22-28-46-44(30-35)42-26-27-45-48(52-49(50-45)33-13-5-2-6-14-33)47(42)51(46)36-23-19-32(20-24-36)34-21-25-41-39-17-8-7-15-37(39)38-16-9-10-18-40(38)43(41)29-34/h1-30,45,48H. The fourth-order valence-electron chi connectivity index (χ4n) is 8.47. The van der Waals surface area contributed by atoms with Gasteiger partial charge in [0.15, 0.2) is 0 Å². The second kappa shape index (κ2) is 11.7. The molecule has 2 aliphatic rings. The van der Waals surface area contributed by atoms with E-state index in [-0.39, 0.29) is 11.3 Å². The predicted octanol–water partition coefficient (Wildman–Crippen LogP) is 13.1. The second-order valence-electron chi connectivity index (χ2n) is 13.8. The molecule has 0 spiro atoms. The Kier molecular flexibility index (Phi) is 6.65. The van der Waals surface area contributed by atoms with Crippen LogP contribution in [0.4, 0.5) is 0 Å². The summed E-state index contributed by atoms with van der Waals surface area (Å²) in [6.45, 7) is 0. The Morgan fingerprint density at radius 3 is 1.63 bits per heavy atom. The SMILES string of the molecule is C1=CC2N=C(c3ccccc3)SC2c2c1c1cc(-c3ccccc3)ccc1n2-c1ccc(-c2ccc3c4ccccc4c4ccccc4c3c2)cc1. The van der Waals surface area contributed by atoms with Crippen LogP contribution in [-0.4, -0.2) is 15.7 Å². The molecule has 0 saturated carbocycles. The summed E-state index contributed by atoms with van der Waals surface area (Å²) in [6, 6.07) is 62.1. The van der Waals surface area contributed by atoms with Crippen LogP contribution in [0.1, 0.15) is 22.1 Å². The van der Waals surface area contributed by atoms with E-state index in [0.717, 1.165) is 5.04 Å². The highest BCUT2D eigenvalue weighted by Crippen LogP contribution is 2.50. The molecule has 0 saturated heterocycles. The van der Waals surface area contributed by atoms with Crippen LogP contribution < -0.4 is 0 Å². The van der Waals surface area contributed by atoms with Crippen molar-refractivity contribution in [3.63, 3.8) is 0 Å². The molecule has 11 rings (SSSR count). The van der Waals surface area contributed by atoms with E-state index in [2.05, 4.69) is 187 Å². The van der Waals surface area contributed by atoms with Crippen molar-refractivity contribution in [1.82, 2.24) is 4.57 Å². The maximum absolute atomic E-state index is 5.25. The van der Waals surface area contributed by atoms with Crippen LogP contribution in [-0.2, 0) is 0 Å².